The van der Waals surface area contributed by atoms with Crippen molar-refractivity contribution in [2.24, 2.45) is 5.41 Å². The fourth-order valence-corrected chi connectivity index (χ4v) is 4.45. The Morgan fingerprint density at radius 3 is 2.67 bits per heavy atom. The maximum absolute atomic E-state index is 12.5. The summed E-state index contributed by atoms with van der Waals surface area (Å²) in [7, 11) is -3.30. The van der Waals surface area contributed by atoms with Gasteiger partial charge in [-0.15, -0.1) is 0 Å². The summed E-state index contributed by atoms with van der Waals surface area (Å²) in [6.45, 7) is 3.91. The standard InChI is InChI=1S/C15H23N3O5S/c1-11-9-12(23-16-11)14(19)18-6-3-15(4-7-18)5-8-22-10-13(15)17-24(2,20)21/h9,13,17H,3-8,10H2,1-2H3/t13-/m0/s1. The summed E-state index contributed by atoms with van der Waals surface area (Å²) in [6, 6.07) is 1.39. The van der Waals surface area contributed by atoms with Crippen molar-refractivity contribution in [2.75, 3.05) is 32.6 Å². The summed E-state index contributed by atoms with van der Waals surface area (Å²) in [5.74, 6) is 0.0892. The Hall–Kier alpha value is -1.45. The molecule has 0 radical (unpaired) electrons. The number of hydrogen-bond donors (Lipinski definition) is 1. The predicted molar refractivity (Wildman–Crippen MR) is 86.0 cm³/mol. The number of aryl methyl sites for hydroxylation is 1. The van der Waals surface area contributed by atoms with Crippen LogP contribution in [0.5, 0.6) is 0 Å². The number of hydrogen-bond acceptors (Lipinski definition) is 6. The predicted octanol–water partition coefficient (Wildman–Crippen LogP) is 0.544. The molecule has 3 heterocycles. The topological polar surface area (TPSA) is 102 Å². The molecule has 134 valence electrons. The van der Waals surface area contributed by atoms with Crippen molar-refractivity contribution < 1.29 is 22.5 Å². The summed E-state index contributed by atoms with van der Waals surface area (Å²) in [5, 5.41) is 3.75. The summed E-state index contributed by atoms with van der Waals surface area (Å²) in [6.07, 6.45) is 3.44. The maximum atomic E-state index is 12.5. The Morgan fingerprint density at radius 2 is 2.08 bits per heavy atom. The smallest absolute Gasteiger partial charge is 0.292 e. The van der Waals surface area contributed by atoms with E-state index >= 15 is 0 Å². The minimum atomic E-state index is -3.30. The van der Waals surface area contributed by atoms with Crippen molar-refractivity contribution in [1.29, 1.82) is 0 Å². The summed E-state index contributed by atoms with van der Waals surface area (Å²) in [4.78, 5) is 14.2. The molecule has 1 atom stereocenters. The first-order valence-corrected chi connectivity index (χ1v) is 9.96. The maximum Gasteiger partial charge on any atom is 0.292 e. The molecular formula is C15H23N3O5S. The van der Waals surface area contributed by atoms with E-state index in [9.17, 15) is 13.2 Å². The molecule has 1 amide bonds. The van der Waals surface area contributed by atoms with Crippen LogP contribution >= 0.6 is 0 Å². The van der Waals surface area contributed by atoms with Gasteiger partial charge in [-0.2, -0.15) is 0 Å². The van der Waals surface area contributed by atoms with E-state index in [1.165, 1.54) is 6.26 Å². The highest BCUT2D eigenvalue weighted by Crippen LogP contribution is 2.41. The number of amides is 1. The third-order valence-electron chi connectivity index (χ3n) is 5.01. The van der Waals surface area contributed by atoms with Crippen LogP contribution in [0.3, 0.4) is 0 Å². The van der Waals surface area contributed by atoms with Crippen LogP contribution in [0.2, 0.25) is 0 Å². The number of rotatable bonds is 3. The zero-order valence-electron chi connectivity index (χ0n) is 13.9. The molecule has 2 aliphatic heterocycles. The molecule has 1 aromatic heterocycles. The van der Waals surface area contributed by atoms with Crippen molar-refractivity contribution in [3.8, 4) is 0 Å². The molecule has 1 N–H and O–H groups in total. The average molecular weight is 357 g/mol. The second-order valence-electron chi connectivity index (χ2n) is 6.75. The van der Waals surface area contributed by atoms with Crippen LogP contribution in [-0.4, -0.2) is 63.0 Å². The molecule has 8 nitrogen and oxygen atoms in total. The van der Waals surface area contributed by atoms with Gasteiger partial charge in [-0.05, 0) is 31.6 Å². The summed E-state index contributed by atoms with van der Waals surface area (Å²) >= 11 is 0. The number of aromatic nitrogens is 1. The highest BCUT2D eigenvalue weighted by molar-refractivity contribution is 7.88. The number of nitrogens with zero attached hydrogens (tertiary/aromatic N) is 2. The van der Waals surface area contributed by atoms with E-state index in [-0.39, 0.29) is 23.1 Å². The fraction of sp³-hybridized carbons (Fsp3) is 0.733. The van der Waals surface area contributed by atoms with E-state index in [1.54, 1.807) is 17.9 Å². The first-order valence-electron chi connectivity index (χ1n) is 8.07. The molecule has 24 heavy (non-hydrogen) atoms. The molecule has 0 unspecified atom stereocenters. The van der Waals surface area contributed by atoms with Crippen molar-refractivity contribution in [2.45, 2.75) is 32.2 Å². The third-order valence-corrected chi connectivity index (χ3v) is 5.72. The molecule has 1 spiro atoms. The third kappa shape index (κ3) is 3.62. The van der Waals surface area contributed by atoms with E-state index in [0.717, 1.165) is 19.3 Å². The quantitative estimate of drug-likeness (QED) is 0.847. The Kier molecular flexibility index (Phi) is 4.67. The van der Waals surface area contributed by atoms with E-state index < -0.39 is 10.0 Å². The number of carbonyl (C=O) groups excluding carboxylic acids is 1. The molecule has 0 bridgehead atoms. The summed E-state index contributed by atoms with van der Waals surface area (Å²) in [5.41, 5.74) is 0.517. The Balaban J connectivity index is 1.69. The minimum absolute atomic E-state index is 0.157. The number of likely N-dealkylation sites (tertiary alicyclic amines) is 1. The second kappa shape index (κ2) is 6.45. The lowest BCUT2D eigenvalue weighted by Gasteiger charge is -2.48. The number of carbonyl (C=O) groups is 1. The molecule has 2 fully saturated rings. The zero-order chi connectivity index (χ0) is 17.4. The SMILES string of the molecule is Cc1cc(C(=O)N2CCC3(CCOC[C@@H]3NS(C)(=O)=O)CC2)on1. The highest BCUT2D eigenvalue weighted by Gasteiger charge is 2.45. The van der Waals surface area contributed by atoms with Crippen LogP contribution in [0.1, 0.15) is 35.5 Å². The number of piperidine rings is 1. The first-order chi connectivity index (χ1) is 11.3. The van der Waals surface area contributed by atoms with Crippen molar-refractivity contribution in [3.05, 3.63) is 17.5 Å². The normalized spacial score (nSPS) is 24.2. The molecule has 2 aliphatic rings. The van der Waals surface area contributed by atoms with E-state index in [4.69, 9.17) is 9.26 Å². The molecule has 0 aliphatic carbocycles. The average Bonchev–Trinajstić information content (AvgIpc) is 2.95. The lowest BCUT2D eigenvalue weighted by Crippen LogP contribution is -2.57. The van der Waals surface area contributed by atoms with E-state index in [2.05, 4.69) is 9.88 Å². The van der Waals surface area contributed by atoms with Gasteiger partial charge in [0.2, 0.25) is 15.8 Å². The molecule has 9 heteroatoms. The van der Waals surface area contributed by atoms with Gasteiger partial charge in [0.25, 0.3) is 5.91 Å². The molecule has 0 saturated carbocycles. The summed E-state index contributed by atoms with van der Waals surface area (Å²) < 4.78 is 36.5. The minimum Gasteiger partial charge on any atom is -0.380 e. The van der Waals surface area contributed by atoms with Gasteiger partial charge in [-0.3, -0.25) is 4.79 Å². The lowest BCUT2D eigenvalue weighted by molar-refractivity contribution is -0.0404. The van der Waals surface area contributed by atoms with Gasteiger partial charge in [-0.1, -0.05) is 5.16 Å². The fourth-order valence-electron chi connectivity index (χ4n) is 3.62. The second-order valence-corrected chi connectivity index (χ2v) is 8.53. The number of sulfonamides is 1. The first kappa shape index (κ1) is 17.4. The van der Waals surface area contributed by atoms with Gasteiger partial charge in [-0.25, -0.2) is 13.1 Å². The Morgan fingerprint density at radius 1 is 1.38 bits per heavy atom. The van der Waals surface area contributed by atoms with E-state index in [1.807, 2.05) is 0 Å². The molecule has 1 aromatic rings. The molecule has 0 aromatic carbocycles. The Labute approximate surface area is 141 Å². The van der Waals surface area contributed by atoms with E-state index in [0.29, 0.717) is 32.0 Å². The number of ether oxygens (including phenoxy) is 1. The molecular weight excluding hydrogens is 334 g/mol. The van der Waals surface area contributed by atoms with Gasteiger partial charge in [0.1, 0.15) is 0 Å². The van der Waals surface area contributed by atoms with Gasteiger partial charge in [0, 0.05) is 25.8 Å². The van der Waals surface area contributed by atoms with Crippen LogP contribution in [0.25, 0.3) is 0 Å². The highest BCUT2D eigenvalue weighted by atomic mass is 32.2. The van der Waals surface area contributed by atoms with Crippen LogP contribution in [-0.2, 0) is 14.8 Å². The van der Waals surface area contributed by atoms with Crippen LogP contribution in [0.4, 0.5) is 0 Å². The Bertz CT molecular complexity index is 706. The van der Waals surface area contributed by atoms with Crippen LogP contribution in [0, 0.1) is 12.3 Å². The van der Waals surface area contributed by atoms with Crippen LogP contribution < -0.4 is 4.72 Å². The van der Waals surface area contributed by atoms with Gasteiger partial charge in [0.05, 0.1) is 24.6 Å². The number of nitrogens with one attached hydrogen (secondary N) is 1. The lowest BCUT2D eigenvalue weighted by atomic mass is 9.69. The van der Waals surface area contributed by atoms with Gasteiger partial charge in [0.15, 0.2) is 0 Å². The van der Waals surface area contributed by atoms with Crippen LogP contribution in [0.15, 0.2) is 10.6 Å². The monoisotopic (exact) mass is 357 g/mol. The van der Waals surface area contributed by atoms with Crippen molar-refractivity contribution >= 4 is 15.9 Å². The molecule has 3 rings (SSSR count). The van der Waals surface area contributed by atoms with Gasteiger partial charge < -0.3 is 14.2 Å². The molecule has 2 saturated heterocycles. The van der Waals surface area contributed by atoms with Crippen molar-refractivity contribution in [3.63, 3.8) is 0 Å². The van der Waals surface area contributed by atoms with Gasteiger partial charge >= 0.3 is 0 Å². The zero-order valence-corrected chi connectivity index (χ0v) is 14.8. The van der Waals surface area contributed by atoms with Crippen molar-refractivity contribution in [1.82, 2.24) is 14.8 Å². The largest absolute Gasteiger partial charge is 0.380 e.